The third-order valence-electron chi connectivity index (χ3n) is 3.13. The molecule has 5 nitrogen and oxygen atoms in total. The number of hydrogen-bond acceptors (Lipinski definition) is 3. The van der Waals surface area contributed by atoms with Crippen molar-refractivity contribution in [3.05, 3.63) is 34.1 Å². The van der Waals surface area contributed by atoms with Crippen LogP contribution in [-0.4, -0.2) is 35.7 Å². The zero-order valence-electron chi connectivity index (χ0n) is 10.7. The van der Waals surface area contributed by atoms with Gasteiger partial charge in [-0.25, -0.2) is 4.39 Å². The number of likely N-dealkylation sites (N-methyl/N-ethyl adjacent to an activating group) is 1. The minimum atomic E-state index is -0.734. The summed E-state index contributed by atoms with van der Waals surface area (Å²) in [4.78, 5) is 36.3. The number of nitrogens with zero attached hydrogens (tertiary/aromatic N) is 1. The number of benzene rings is 1. The third kappa shape index (κ3) is 2.87. The van der Waals surface area contributed by atoms with Crippen molar-refractivity contribution >= 4 is 33.7 Å². The van der Waals surface area contributed by atoms with E-state index >= 15 is 0 Å². The van der Waals surface area contributed by atoms with Gasteiger partial charge in [-0.3, -0.25) is 19.3 Å². The molecule has 1 N–H and O–H groups in total. The monoisotopic (exact) mass is 342 g/mol. The molecule has 1 aliphatic heterocycles. The van der Waals surface area contributed by atoms with Crippen molar-refractivity contribution in [1.29, 1.82) is 0 Å². The maximum Gasteiger partial charge on any atom is 0.253 e. The first-order chi connectivity index (χ1) is 9.40. The molecule has 3 amide bonds. The number of carbonyl (C=O) groups excluding carboxylic acids is 3. The molecule has 0 aliphatic carbocycles. The fourth-order valence-corrected chi connectivity index (χ4v) is 2.49. The minimum Gasteiger partial charge on any atom is -0.340 e. The molecule has 1 atom stereocenters. The second kappa shape index (κ2) is 5.70. The number of amides is 3. The standard InChI is InChI=1S/C13H12BrFN2O3/c1-17-11(18)5-4-10(13(17)20)16-12(19)8-3-2-7(15)6-9(8)14/h2-3,6,10H,4-5H2,1H3,(H,16,19). The van der Waals surface area contributed by atoms with Gasteiger partial charge in [0.1, 0.15) is 11.9 Å². The van der Waals surface area contributed by atoms with E-state index < -0.39 is 23.7 Å². The van der Waals surface area contributed by atoms with Crippen LogP contribution < -0.4 is 5.32 Å². The Morgan fingerprint density at radius 3 is 2.80 bits per heavy atom. The molecule has 20 heavy (non-hydrogen) atoms. The summed E-state index contributed by atoms with van der Waals surface area (Å²) in [6.45, 7) is 0. The SMILES string of the molecule is CN1C(=O)CCC(NC(=O)c2ccc(F)cc2Br)C1=O. The Kier molecular flexibility index (Phi) is 4.17. The van der Waals surface area contributed by atoms with Crippen molar-refractivity contribution in [3.8, 4) is 0 Å². The number of likely N-dealkylation sites (tertiary alicyclic amines) is 1. The Hall–Kier alpha value is -1.76. The van der Waals surface area contributed by atoms with Crippen LogP contribution in [0.5, 0.6) is 0 Å². The molecule has 106 valence electrons. The second-order valence-electron chi connectivity index (χ2n) is 4.48. The van der Waals surface area contributed by atoms with Gasteiger partial charge < -0.3 is 5.32 Å². The third-order valence-corrected chi connectivity index (χ3v) is 3.79. The molecule has 1 fully saturated rings. The highest BCUT2D eigenvalue weighted by Crippen LogP contribution is 2.19. The fourth-order valence-electron chi connectivity index (χ4n) is 1.96. The van der Waals surface area contributed by atoms with Crippen LogP contribution in [0.3, 0.4) is 0 Å². The van der Waals surface area contributed by atoms with E-state index in [0.29, 0.717) is 4.47 Å². The summed E-state index contributed by atoms with van der Waals surface area (Å²) in [5.74, 6) is -1.65. The summed E-state index contributed by atoms with van der Waals surface area (Å²) in [6, 6.07) is 2.93. The molecule has 7 heteroatoms. The van der Waals surface area contributed by atoms with E-state index in [1.807, 2.05) is 0 Å². The summed E-state index contributed by atoms with van der Waals surface area (Å²) in [5, 5.41) is 2.56. The Labute approximate surface area is 123 Å². The van der Waals surface area contributed by atoms with Crippen molar-refractivity contribution in [2.75, 3.05) is 7.05 Å². The van der Waals surface area contributed by atoms with Gasteiger partial charge in [0.2, 0.25) is 5.91 Å². The van der Waals surface area contributed by atoms with Gasteiger partial charge in [0.15, 0.2) is 0 Å². The van der Waals surface area contributed by atoms with Gasteiger partial charge in [-0.2, -0.15) is 0 Å². The van der Waals surface area contributed by atoms with Crippen LogP contribution in [0.4, 0.5) is 4.39 Å². The minimum absolute atomic E-state index is 0.206. The second-order valence-corrected chi connectivity index (χ2v) is 5.33. The van der Waals surface area contributed by atoms with Crippen LogP contribution in [0.15, 0.2) is 22.7 Å². The molecule has 1 unspecified atom stereocenters. The lowest BCUT2D eigenvalue weighted by Gasteiger charge is -2.28. The smallest absolute Gasteiger partial charge is 0.253 e. The highest BCUT2D eigenvalue weighted by Gasteiger charge is 2.33. The summed E-state index contributed by atoms with van der Waals surface area (Å²) < 4.78 is 13.3. The van der Waals surface area contributed by atoms with Gasteiger partial charge in [-0.05, 0) is 40.5 Å². The molecule has 0 saturated carbocycles. The van der Waals surface area contributed by atoms with E-state index in [2.05, 4.69) is 21.2 Å². The van der Waals surface area contributed by atoms with E-state index in [-0.39, 0.29) is 24.3 Å². The van der Waals surface area contributed by atoms with Gasteiger partial charge >= 0.3 is 0 Å². The Balaban J connectivity index is 2.12. The van der Waals surface area contributed by atoms with Crippen molar-refractivity contribution in [2.45, 2.75) is 18.9 Å². The number of imide groups is 1. The van der Waals surface area contributed by atoms with Crippen LogP contribution >= 0.6 is 15.9 Å². The zero-order chi connectivity index (χ0) is 14.9. The topological polar surface area (TPSA) is 66.5 Å². The molecular formula is C13H12BrFN2O3. The fraction of sp³-hybridized carbons (Fsp3) is 0.308. The van der Waals surface area contributed by atoms with Crippen LogP contribution in [0.1, 0.15) is 23.2 Å². The molecule has 0 aromatic heterocycles. The van der Waals surface area contributed by atoms with Gasteiger partial charge in [-0.1, -0.05) is 0 Å². The quantitative estimate of drug-likeness (QED) is 0.827. The molecule has 0 radical (unpaired) electrons. The summed E-state index contributed by atoms with van der Waals surface area (Å²) in [5.41, 5.74) is 0.235. The van der Waals surface area contributed by atoms with Gasteiger partial charge in [-0.15, -0.1) is 0 Å². The first-order valence-corrected chi connectivity index (χ1v) is 6.75. The molecule has 2 rings (SSSR count). The number of nitrogens with one attached hydrogen (secondary N) is 1. The number of halogens is 2. The Morgan fingerprint density at radius 2 is 2.15 bits per heavy atom. The van der Waals surface area contributed by atoms with Gasteiger partial charge in [0, 0.05) is 17.9 Å². The summed E-state index contributed by atoms with van der Waals surface area (Å²) in [7, 11) is 1.39. The molecule has 1 aromatic carbocycles. The predicted molar refractivity (Wildman–Crippen MR) is 72.4 cm³/mol. The van der Waals surface area contributed by atoms with Crippen molar-refractivity contribution in [3.63, 3.8) is 0 Å². The predicted octanol–water partition coefficient (Wildman–Crippen LogP) is 1.47. The molecule has 1 aliphatic rings. The zero-order valence-corrected chi connectivity index (χ0v) is 12.2. The maximum atomic E-state index is 13.0. The van der Waals surface area contributed by atoms with Crippen LogP contribution in [0.2, 0.25) is 0 Å². The Bertz CT molecular complexity index is 591. The van der Waals surface area contributed by atoms with Crippen molar-refractivity contribution in [2.24, 2.45) is 0 Å². The normalized spacial score (nSPS) is 19.1. The average molecular weight is 343 g/mol. The van der Waals surface area contributed by atoms with Crippen molar-refractivity contribution < 1.29 is 18.8 Å². The summed E-state index contributed by atoms with van der Waals surface area (Å²) >= 11 is 3.10. The lowest BCUT2D eigenvalue weighted by molar-refractivity contribution is -0.147. The lowest BCUT2D eigenvalue weighted by Crippen LogP contribution is -2.52. The Morgan fingerprint density at radius 1 is 1.45 bits per heavy atom. The van der Waals surface area contributed by atoms with Crippen molar-refractivity contribution in [1.82, 2.24) is 10.2 Å². The van der Waals surface area contributed by atoms with E-state index in [1.54, 1.807) is 0 Å². The summed E-state index contributed by atoms with van der Waals surface area (Å²) in [6.07, 6.45) is 0.477. The first kappa shape index (κ1) is 14.6. The van der Waals surface area contributed by atoms with Gasteiger partial charge in [0.25, 0.3) is 11.8 Å². The number of piperidine rings is 1. The first-order valence-electron chi connectivity index (χ1n) is 5.96. The lowest BCUT2D eigenvalue weighted by atomic mass is 10.0. The molecule has 1 heterocycles. The molecule has 0 spiro atoms. The van der Waals surface area contributed by atoms with E-state index in [0.717, 1.165) is 11.0 Å². The number of hydrogen-bond donors (Lipinski definition) is 1. The molecule has 1 aromatic rings. The highest BCUT2D eigenvalue weighted by atomic mass is 79.9. The number of carbonyl (C=O) groups is 3. The highest BCUT2D eigenvalue weighted by molar-refractivity contribution is 9.10. The van der Waals surface area contributed by atoms with Crippen LogP contribution in [0, 0.1) is 5.82 Å². The van der Waals surface area contributed by atoms with Crippen LogP contribution in [-0.2, 0) is 9.59 Å². The number of rotatable bonds is 2. The maximum absolute atomic E-state index is 13.0. The molecular weight excluding hydrogens is 331 g/mol. The van der Waals surface area contributed by atoms with E-state index in [4.69, 9.17) is 0 Å². The average Bonchev–Trinajstić information content (AvgIpc) is 2.39. The molecule has 1 saturated heterocycles. The van der Waals surface area contributed by atoms with Gasteiger partial charge in [0.05, 0.1) is 5.56 Å². The molecule has 0 bridgehead atoms. The largest absolute Gasteiger partial charge is 0.340 e. The van der Waals surface area contributed by atoms with E-state index in [9.17, 15) is 18.8 Å². The van der Waals surface area contributed by atoms with E-state index in [1.165, 1.54) is 19.2 Å². The van der Waals surface area contributed by atoms with Crippen LogP contribution in [0.25, 0.3) is 0 Å².